The summed E-state index contributed by atoms with van der Waals surface area (Å²) in [6.45, 7) is 2.11. The molecule has 0 saturated heterocycles. The summed E-state index contributed by atoms with van der Waals surface area (Å²) in [5, 5.41) is 2.49. The highest BCUT2D eigenvalue weighted by Gasteiger charge is 2.05. The maximum absolute atomic E-state index is 13.0. The normalized spacial score (nSPS) is 9.62. The fourth-order valence-electron chi connectivity index (χ4n) is 2.37. The van der Waals surface area contributed by atoms with E-state index in [0.29, 0.717) is 0 Å². The molecule has 3 aromatic carbocycles. The van der Waals surface area contributed by atoms with E-state index >= 15 is 0 Å². The Morgan fingerprint density at radius 2 is 1.48 bits per heavy atom. The monoisotopic (exact) mass is 280 g/mol. The second kappa shape index (κ2) is 6.60. The molecule has 0 aliphatic carbocycles. The van der Waals surface area contributed by atoms with E-state index in [9.17, 15) is 4.39 Å². The maximum Gasteiger partial charge on any atom is 0.373 e. The van der Waals surface area contributed by atoms with E-state index in [1.165, 1.54) is 28.5 Å². The summed E-state index contributed by atoms with van der Waals surface area (Å²) in [7, 11) is 0. The molecule has 0 heterocycles. The van der Waals surface area contributed by atoms with Crippen molar-refractivity contribution >= 4 is 16.9 Å². The second-order valence-corrected chi connectivity index (χ2v) is 4.55. The number of rotatable bonds is 1. The van der Waals surface area contributed by atoms with Crippen LogP contribution in [0.4, 0.5) is 4.39 Å². The van der Waals surface area contributed by atoms with Crippen molar-refractivity contribution in [2.45, 2.75) is 6.92 Å². The molecule has 2 nitrogen and oxygen atoms in total. The van der Waals surface area contributed by atoms with Gasteiger partial charge in [0.25, 0.3) is 0 Å². The Morgan fingerprint density at radius 3 is 2.14 bits per heavy atom. The van der Waals surface area contributed by atoms with Gasteiger partial charge in [-0.2, -0.15) is 9.59 Å². The van der Waals surface area contributed by atoms with Crippen LogP contribution < -0.4 is 0 Å². The van der Waals surface area contributed by atoms with Crippen LogP contribution in [0, 0.1) is 12.7 Å². The van der Waals surface area contributed by atoms with Crippen LogP contribution in [-0.2, 0) is 9.59 Å². The van der Waals surface area contributed by atoms with Crippen molar-refractivity contribution in [2.75, 3.05) is 0 Å². The highest BCUT2D eigenvalue weighted by molar-refractivity contribution is 5.91. The van der Waals surface area contributed by atoms with E-state index < -0.39 is 0 Å². The van der Waals surface area contributed by atoms with Gasteiger partial charge >= 0.3 is 6.15 Å². The van der Waals surface area contributed by atoms with Crippen LogP contribution >= 0.6 is 0 Å². The molecule has 21 heavy (non-hydrogen) atoms. The zero-order valence-electron chi connectivity index (χ0n) is 11.5. The molecule has 0 aliphatic rings. The molecule has 0 unspecified atom stereocenters. The van der Waals surface area contributed by atoms with E-state index in [1.807, 2.05) is 24.3 Å². The summed E-state index contributed by atoms with van der Waals surface area (Å²) in [6, 6.07) is 19.2. The molecular weight excluding hydrogens is 267 g/mol. The predicted octanol–water partition coefficient (Wildman–Crippen LogP) is 4.37. The molecule has 0 aromatic heterocycles. The van der Waals surface area contributed by atoms with E-state index in [1.54, 1.807) is 0 Å². The predicted molar refractivity (Wildman–Crippen MR) is 79.1 cm³/mol. The number of benzene rings is 3. The first-order valence-electron chi connectivity index (χ1n) is 6.41. The van der Waals surface area contributed by atoms with Crippen molar-refractivity contribution in [1.29, 1.82) is 0 Å². The van der Waals surface area contributed by atoms with Crippen LogP contribution in [0.2, 0.25) is 0 Å². The molecule has 0 atom stereocenters. The molecule has 104 valence electrons. The Kier molecular flexibility index (Phi) is 4.60. The third-order valence-corrected chi connectivity index (χ3v) is 3.35. The fraction of sp³-hybridized carbons (Fsp3) is 0.0556. The fourth-order valence-corrected chi connectivity index (χ4v) is 2.37. The standard InChI is InChI=1S/C17H13F.CO2/c1-12-16-5-3-2-4-13(16)8-11-17(12)14-6-9-15(18)10-7-14;2-1-3/h2-11H,1H3;. The lowest BCUT2D eigenvalue weighted by atomic mass is 9.95. The first-order chi connectivity index (χ1) is 10.2. The molecular formula is C18H13FO2. The van der Waals surface area contributed by atoms with Crippen molar-refractivity contribution < 1.29 is 14.0 Å². The quantitative estimate of drug-likeness (QED) is 0.663. The summed E-state index contributed by atoms with van der Waals surface area (Å²) < 4.78 is 13.0. The molecule has 0 aliphatic heterocycles. The minimum atomic E-state index is -0.197. The Labute approximate surface area is 121 Å². The van der Waals surface area contributed by atoms with Crippen molar-refractivity contribution in [3.8, 4) is 11.1 Å². The Morgan fingerprint density at radius 1 is 0.857 bits per heavy atom. The summed E-state index contributed by atoms with van der Waals surface area (Å²) in [6.07, 6.45) is 0.250. The molecule has 0 spiro atoms. The second-order valence-electron chi connectivity index (χ2n) is 4.55. The van der Waals surface area contributed by atoms with Gasteiger partial charge in [-0.15, -0.1) is 0 Å². The molecule has 0 radical (unpaired) electrons. The zero-order valence-corrected chi connectivity index (χ0v) is 11.5. The number of fused-ring (bicyclic) bond motifs is 1. The third kappa shape index (κ3) is 3.22. The summed E-state index contributed by atoms with van der Waals surface area (Å²) >= 11 is 0. The number of halogens is 1. The van der Waals surface area contributed by atoms with Crippen LogP contribution in [0.25, 0.3) is 21.9 Å². The van der Waals surface area contributed by atoms with E-state index in [4.69, 9.17) is 9.59 Å². The van der Waals surface area contributed by atoms with Gasteiger partial charge < -0.3 is 0 Å². The van der Waals surface area contributed by atoms with Crippen LogP contribution in [0.15, 0.2) is 60.7 Å². The average molecular weight is 280 g/mol. The van der Waals surface area contributed by atoms with Crippen LogP contribution in [0.1, 0.15) is 5.56 Å². The summed E-state index contributed by atoms with van der Waals surface area (Å²) in [5.74, 6) is -0.197. The lowest BCUT2D eigenvalue weighted by Gasteiger charge is -2.09. The van der Waals surface area contributed by atoms with Gasteiger partial charge in [-0.25, -0.2) is 4.39 Å². The van der Waals surface area contributed by atoms with Gasteiger partial charge in [-0.05, 0) is 46.5 Å². The van der Waals surface area contributed by atoms with Gasteiger partial charge in [0.2, 0.25) is 0 Å². The van der Waals surface area contributed by atoms with Gasteiger partial charge in [0, 0.05) is 0 Å². The maximum atomic E-state index is 13.0. The van der Waals surface area contributed by atoms with Crippen LogP contribution in [0.3, 0.4) is 0 Å². The molecule has 0 bridgehead atoms. The molecule has 0 saturated carbocycles. The van der Waals surface area contributed by atoms with Crippen LogP contribution in [0.5, 0.6) is 0 Å². The largest absolute Gasteiger partial charge is 0.373 e. The van der Waals surface area contributed by atoms with Crippen molar-refractivity contribution in [3.63, 3.8) is 0 Å². The highest BCUT2D eigenvalue weighted by Crippen LogP contribution is 2.29. The minimum absolute atomic E-state index is 0.197. The Balaban J connectivity index is 0.000000497. The van der Waals surface area contributed by atoms with Crippen LogP contribution in [-0.4, -0.2) is 6.15 Å². The number of hydrogen-bond acceptors (Lipinski definition) is 2. The number of hydrogen-bond donors (Lipinski definition) is 0. The molecule has 0 fully saturated rings. The van der Waals surface area contributed by atoms with Gasteiger partial charge in [0.1, 0.15) is 5.82 Å². The SMILES string of the molecule is Cc1c(-c2ccc(F)cc2)ccc2ccccc12.O=C=O. The first-order valence-corrected chi connectivity index (χ1v) is 6.41. The van der Waals surface area contributed by atoms with Gasteiger partial charge in [0.15, 0.2) is 0 Å². The molecule has 3 rings (SSSR count). The number of carbonyl (C=O) groups excluding carboxylic acids is 2. The Bertz CT molecular complexity index is 786. The molecule has 0 N–H and O–H groups in total. The molecule has 3 heteroatoms. The topological polar surface area (TPSA) is 34.1 Å². The van der Waals surface area contributed by atoms with Gasteiger partial charge in [-0.1, -0.05) is 48.5 Å². The summed E-state index contributed by atoms with van der Waals surface area (Å²) in [5.41, 5.74) is 3.45. The zero-order chi connectivity index (χ0) is 15.2. The van der Waals surface area contributed by atoms with E-state index in [2.05, 4.69) is 31.2 Å². The highest BCUT2D eigenvalue weighted by atomic mass is 19.1. The third-order valence-electron chi connectivity index (χ3n) is 3.35. The Hall–Kier alpha value is -2.77. The number of aryl methyl sites for hydroxylation is 1. The smallest absolute Gasteiger partial charge is 0.207 e. The lowest BCUT2D eigenvalue weighted by molar-refractivity contribution is -0.191. The van der Waals surface area contributed by atoms with Crippen molar-refractivity contribution in [2.24, 2.45) is 0 Å². The van der Waals surface area contributed by atoms with Gasteiger partial charge in [0.05, 0.1) is 0 Å². The van der Waals surface area contributed by atoms with Crippen molar-refractivity contribution in [3.05, 3.63) is 72.0 Å². The first kappa shape index (κ1) is 14.6. The average Bonchev–Trinajstić information content (AvgIpc) is 2.50. The van der Waals surface area contributed by atoms with E-state index in [-0.39, 0.29) is 12.0 Å². The van der Waals surface area contributed by atoms with Gasteiger partial charge in [-0.3, -0.25) is 0 Å². The van der Waals surface area contributed by atoms with Crippen molar-refractivity contribution in [1.82, 2.24) is 0 Å². The lowest BCUT2D eigenvalue weighted by Crippen LogP contribution is -1.86. The molecule has 3 aromatic rings. The molecule has 0 amide bonds. The summed E-state index contributed by atoms with van der Waals surface area (Å²) in [4.78, 5) is 16.2. The van der Waals surface area contributed by atoms with E-state index in [0.717, 1.165) is 11.1 Å². The minimum Gasteiger partial charge on any atom is -0.207 e.